The van der Waals surface area contributed by atoms with E-state index in [1.54, 1.807) is 6.20 Å². The van der Waals surface area contributed by atoms with Crippen molar-refractivity contribution in [3.8, 4) is 0 Å². The first-order chi connectivity index (χ1) is 7.11. The summed E-state index contributed by atoms with van der Waals surface area (Å²) in [6.45, 7) is 3.48. The molecule has 1 saturated heterocycles. The van der Waals surface area contributed by atoms with Crippen molar-refractivity contribution >= 4 is 11.5 Å². The third-order valence-corrected chi connectivity index (χ3v) is 2.82. The molecule has 1 atom stereocenters. The van der Waals surface area contributed by atoms with Crippen molar-refractivity contribution in [1.29, 1.82) is 0 Å². The maximum Gasteiger partial charge on any atom is 0.127 e. The topological polar surface area (TPSA) is 48.4 Å². The zero-order valence-electron chi connectivity index (χ0n) is 9.20. The average Bonchev–Trinajstić information content (AvgIpc) is 2.59. The van der Waals surface area contributed by atoms with Crippen LogP contribution < -0.4 is 10.2 Å². The van der Waals surface area contributed by atoms with Gasteiger partial charge in [0, 0.05) is 38.1 Å². The number of nitrogens with zero attached hydrogens (tertiary/aromatic N) is 2. The Balaban J connectivity index is 2.16. The smallest absolute Gasteiger partial charge is 0.127 e. The number of hydrogen-bond donors (Lipinski definition) is 2. The van der Waals surface area contributed by atoms with Crippen LogP contribution in [-0.4, -0.2) is 35.8 Å². The number of nitrogens with one attached hydrogen (secondary N) is 1. The van der Waals surface area contributed by atoms with Crippen LogP contribution >= 0.6 is 0 Å². The van der Waals surface area contributed by atoms with Crippen LogP contribution in [0.3, 0.4) is 0 Å². The van der Waals surface area contributed by atoms with Gasteiger partial charge in [0.15, 0.2) is 0 Å². The lowest BCUT2D eigenvalue weighted by atomic mass is 10.1. The Morgan fingerprint density at radius 1 is 1.60 bits per heavy atom. The first-order valence-corrected chi connectivity index (χ1v) is 5.22. The molecule has 0 saturated carbocycles. The fraction of sp³-hybridized carbons (Fsp3) is 0.545. The van der Waals surface area contributed by atoms with E-state index in [1.807, 2.05) is 26.1 Å². The summed E-state index contributed by atoms with van der Waals surface area (Å²) < 4.78 is 0. The van der Waals surface area contributed by atoms with E-state index in [0.29, 0.717) is 6.54 Å². The molecule has 82 valence electrons. The van der Waals surface area contributed by atoms with Crippen LogP contribution in [-0.2, 0) is 0 Å². The number of aromatic nitrogens is 1. The molecule has 2 rings (SSSR count). The van der Waals surface area contributed by atoms with Gasteiger partial charge in [0.25, 0.3) is 0 Å². The summed E-state index contributed by atoms with van der Waals surface area (Å²) in [5.41, 5.74) is 0.565. The SMILES string of the molecule is CNc1cc(N2CCC(C)(O)C2)ccn1. The van der Waals surface area contributed by atoms with Gasteiger partial charge in [0.05, 0.1) is 5.60 Å². The van der Waals surface area contributed by atoms with Crippen LogP contribution in [0.15, 0.2) is 18.3 Å². The van der Waals surface area contributed by atoms with Gasteiger partial charge >= 0.3 is 0 Å². The van der Waals surface area contributed by atoms with E-state index in [-0.39, 0.29) is 0 Å². The van der Waals surface area contributed by atoms with Gasteiger partial charge in [-0.2, -0.15) is 0 Å². The summed E-state index contributed by atoms with van der Waals surface area (Å²) in [6, 6.07) is 3.98. The van der Waals surface area contributed by atoms with E-state index in [1.165, 1.54) is 0 Å². The highest BCUT2D eigenvalue weighted by Crippen LogP contribution is 2.26. The highest BCUT2D eigenvalue weighted by Gasteiger charge is 2.31. The number of β-amino-alcohol motifs (C(OH)–C–C–N with tert-alkyl or cyclic N) is 1. The van der Waals surface area contributed by atoms with Crippen molar-refractivity contribution in [2.75, 3.05) is 30.4 Å². The molecule has 0 radical (unpaired) electrons. The molecule has 0 aromatic carbocycles. The third-order valence-electron chi connectivity index (χ3n) is 2.82. The van der Waals surface area contributed by atoms with Crippen molar-refractivity contribution in [3.63, 3.8) is 0 Å². The number of hydrogen-bond acceptors (Lipinski definition) is 4. The maximum absolute atomic E-state index is 9.88. The van der Waals surface area contributed by atoms with Crippen LogP contribution in [0.1, 0.15) is 13.3 Å². The van der Waals surface area contributed by atoms with Crippen LogP contribution in [0, 0.1) is 0 Å². The van der Waals surface area contributed by atoms with Crippen molar-refractivity contribution in [3.05, 3.63) is 18.3 Å². The standard InChI is InChI=1S/C11H17N3O/c1-11(15)4-6-14(8-11)9-3-5-13-10(7-9)12-2/h3,5,7,15H,4,6,8H2,1-2H3,(H,12,13). The molecule has 1 aromatic heterocycles. The van der Waals surface area contributed by atoms with Gasteiger partial charge < -0.3 is 15.3 Å². The monoisotopic (exact) mass is 207 g/mol. The summed E-state index contributed by atoms with van der Waals surface area (Å²) in [5.74, 6) is 0.860. The average molecular weight is 207 g/mol. The Hall–Kier alpha value is -1.29. The van der Waals surface area contributed by atoms with E-state index in [9.17, 15) is 5.11 Å². The van der Waals surface area contributed by atoms with Gasteiger partial charge in [-0.15, -0.1) is 0 Å². The predicted molar refractivity (Wildman–Crippen MR) is 61.2 cm³/mol. The van der Waals surface area contributed by atoms with E-state index in [4.69, 9.17) is 0 Å². The summed E-state index contributed by atoms with van der Waals surface area (Å²) >= 11 is 0. The van der Waals surface area contributed by atoms with Gasteiger partial charge in [-0.05, 0) is 19.4 Å². The van der Waals surface area contributed by atoms with Gasteiger partial charge in [0.1, 0.15) is 5.82 Å². The second-order valence-corrected chi connectivity index (χ2v) is 4.32. The highest BCUT2D eigenvalue weighted by molar-refractivity contribution is 5.54. The Bertz CT molecular complexity index is 351. The van der Waals surface area contributed by atoms with Crippen LogP contribution in [0.5, 0.6) is 0 Å². The second-order valence-electron chi connectivity index (χ2n) is 4.32. The molecule has 2 N–H and O–H groups in total. The largest absolute Gasteiger partial charge is 0.388 e. The first-order valence-electron chi connectivity index (χ1n) is 5.22. The lowest BCUT2D eigenvalue weighted by Gasteiger charge is -2.21. The molecule has 4 nitrogen and oxygen atoms in total. The molecule has 1 aliphatic rings. The quantitative estimate of drug-likeness (QED) is 0.762. The van der Waals surface area contributed by atoms with E-state index in [0.717, 1.165) is 24.5 Å². The minimum Gasteiger partial charge on any atom is -0.388 e. The molecule has 2 heterocycles. The summed E-state index contributed by atoms with van der Waals surface area (Å²) in [4.78, 5) is 6.35. The molecule has 0 spiro atoms. The van der Waals surface area contributed by atoms with E-state index in [2.05, 4.69) is 15.2 Å². The highest BCUT2D eigenvalue weighted by atomic mass is 16.3. The first kappa shape index (κ1) is 10.2. The Morgan fingerprint density at radius 2 is 2.40 bits per heavy atom. The minimum absolute atomic E-state index is 0.553. The van der Waals surface area contributed by atoms with Crippen LogP contribution in [0.2, 0.25) is 0 Å². The molecular formula is C11H17N3O. The molecule has 0 amide bonds. The molecule has 0 aliphatic carbocycles. The predicted octanol–water partition coefficient (Wildman–Crippen LogP) is 1.08. The lowest BCUT2D eigenvalue weighted by Crippen LogP contribution is -2.29. The molecule has 1 aromatic rings. The van der Waals surface area contributed by atoms with Gasteiger partial charge in [-0.25, -0.2) is 4.98 Å². The number of pyridine rings is 1. The van der Waals surface area contributed by atoms with Crippen molar-refractivity contribution in [2.45, 2.75) is 18.9 Å². The number of rotatable bonds is 2. The molecule has 4 heteroatoms. The molecule has 1 aliphatic heterocycles. The number of anilines is 2. The zero-order chi connectivity index (χ0) is 10.9. The van der Waals surface area contributed by atoms with Crippen molar-refractivity contribution in [2.24, 2.45) is 0 Å². The minimum atomic E-state index is -0.553. The van der Waals surface area contributed by atoms with Crippen LogP contribution in [0.4, 0.5) is 11.5 Å². The van der Waals surface area contributed by atoms with Crippen molar-refractivity contribution < 1.29 is 5.11 Å². The summed E-state index contributed by atoms with van der Waals surface area (Å²) in [6.07, 6.45) is 2.61. The van der Waals surface area contributed by atoms with Crippen molar-refractivity contribution in [1.82, 2.24) is 4.98 Å². The maximum atomic E-state index is 9.88. The molecule has 1 unspecified atom stereocenters. The second kappa shape index (κ2) is 3.70. The normalized spacial score (nSPS) is 25.7. The van der Waals surface area contributed by atoms with Gasteiger partial charge in [-0.1, -0.05) is 0 Å². The Labute approximate surface area is 89.9 Å². The molecular weight excluding hydrogens is 190 g/mol. The Morgan fingerprint density at radius 3 is 3.00 bits per heavy atom. The lowest BCUT2D eigenvalue weighted by molar-refractivity contribution is 0.0839. The fourth-order valence-electron chi connectivity index (χ4n) is 1.92. The zero-order valence-corrected chi connectivity index (χ0v) is 9.20. The number of aliphatic hydroxyl groups is 1. The van der Waals surface area contributed by atoms with Gasteiger partial charge in [-0.3, -0.25) is 0 Å². The van der Waals surface area contributed by atoms with E-state index < -0.39 is 5.60 Å². The Kier molecular flexibility index (Phi) is 2.52. The summed E-state index contributed by atoms with van der Waals surface area (Å²) in [7, 11) is 1.85. The van der Waals surface area contributed by atoms with Gasteiger partial charge in [0.2, 0.25) is 0 Å². The molecule has 1 fully saturated rings. The fourth-order valence-corrected chi connectivity index (χ4v) is 1.92. The van der Waals surface area contributed by atoms with Crippen LogP contribution in [0.25, 0.3) is 0 Å². The summed E-state index contributed by atoms with van der Waals surface area (Å²) in [5, 5.41) is 12.9. The van der Waals surface area contributed by atoms with E-state index >= 15 is 0 Å². The third kappa shape index (κ3) is 2.21. The molecule has 0 bridgehead atoms. The molecule has 15 heavy (non-hydrogen) atoms.